The number of carbonyl (C=O) groups is 1. The highest BCUT2D eigenvalue weighted by Gasteiger charge is 2.37. The van der Waals surface area contributed by atoms with Crippen molar-refractivity contribution in [1.82, 2.24) is 34.2 Å². The van der Waals surface area contributed by atoms with E-state index < -0.39 is 0 Å². The number of nitrogens with zero attached hydrogens (tertiary/aromatic N) is 7. The molecule has 6 rings (SSSR count). The van der Waals surface area contributed by atoms with Crippen LogP contribution in [0.2, 0.25) is 0 Å². The van der Waals surface area contributed by atoms with E-state index in [-0.39, 0.29) is 17.9 Å². The van der Waals surface area contributed by atoms with Gasteiger partial charge in [0.2, 0.25) is 11.8 Å². The van der Waals surface area contributed by atoms with Gasteiger partial charge in [-0.05, 0) is 39.0 Å². The highest BCUT2D eigenvalue weighted by Crippen LogP contribution is 2.34. The molecule has 0 N–H and O–H groups in total. The molecule has 3 aromatic heterocycles. The average molecular weight is 422 g/mol. The van der Waals surface area contributed by atoms with Crippen molar-refractivity contribution in [1.29, 1.82) is 0 Å². The van der Waals surface area contributed by atoms with Crippen molar-refractivity contribution in [2.75, 3.05) is 13.1 Å². The van der Waals surface area contributed by atoms with Crippen LogP contribution in [0.25, 0.3) is 22.6 Å². The van der Waals surface area contributed by atoms with Gasteiger partial charge >= 0.3 is 0 Å². The Hall–Kier alpha value is -2.97. The summed E-state index contributed by atoms with van der Waals surface area (Å²) in [5.41, 5.74) is 3.79. The van der Waals surface area contributed by atoms with E-state index in [4.69, 9.17) is 9.72 Å². The minimum absolute atomic E-state index is 0.0556. The molecule has 0 aromatic carbocycles. The molecule has 0 bridgehead atoms. The molecule has 162 valence electrons. The van der Waals surface area contributed by atoms with Crippen molar-refractivity contribution in [3.8, 4) is 17.3 Å². The van der Waals surface area contributed by atoms with Gasteiger partial charge in [0.05, 0.1) is 18.3 Å². The molecule has 2 fully saturated rings. The maximum atomic E-state index is 12.4. The standard InChI is InChI=1S/C22H27N7O2/c1-2-28-19(16-11-25-29-9-4-3-5-17(16)29)26-18-20(28)23-13-24-21(18)31-15-8-10-27(12-15)22(30)14-6-7-14/h11,13-15H,2-10,12H2,1H3/t15-/m0/s1. The van der Waals surface area contributed by atoms with Gasteiger partial charge in [0.1, 0.15) is 18.3 Å². The predicted molar refractivity (Wildman–Crippen MR) is 113 cm³/mol. The number of likely N-dealkylation sites (tertiary alicyclic amines) is 1. The first-order valence-corrected chi connectivity index (χ1v) is 11.4. The molecule has 1 saturated carbocycles. The van der Waals surface area contributed by atoms with Crippen LogP contribution in [0.15, 0.2) is 12.5 Å². The normalized spacial score (nSPS) is 20.9. The molecular formula is C22H27N7O2. The second-order valence-electron chi connectivity index (χ2n) is 8.80. The summed E-state index contributed by atoms with van der Waals surface area (Å²) in [6.45, 7) is 5.19. The van der Waals surface area contributed by atoms with Gasteiger partial charge in [-0.15, -0.1) is 0 Å². The summed E-state index contributed by atoms with van der Waals surface area (Å²) in [5, 5.41) is 4.59. The number of hydrogen-bond acceptors (Lipinski definition) is 6. The van der Waals surface area contributed by atoms with Gasteiger partial charge in [-0.1, -0.05) is 0 Å². The van der Waals surface area contributed by atoms with Gasteiger partial charge in [0.15, 0.2) is 11.2 Å². The average Bonchev–Trinajstić information content (AvgIpc) is 3.22. The first-order valence-electron chi connectivity index (χ1n) is 11.4. The van der Waals surface area contributed by atoms with E-state index in [9.17, 15) is 4.79 Å². The molecule has 2 aliphatic heterocycles. The first-order chi connectivity index (χ1) is 15.2. The van der Waals surface area contributed by atoms with Crippen LogP contribution in [-0.2, 0) is 24.3 Å². The quantitative estimate of drug-likeness (QED) is 0.628. The summed E-state index contributed by atoms with van der Waals surface area (Å²) in [7, 11) is 0. The number of fused-ring (bicyclic) bond motifs is 2. The summed E-state index contributed by atoms with van der Waals surface area (Å²) in [5.74, 6) is 1.91. The van der Waals surface area contributed by atoms with Crippen LogP contribution >= 0.6 is 0 Å². The number of rotatable bonds is 5. The summed E-state index contributed by atoms with van der Waals surface area (Å²) < 4.78 is 10.5. The van der Waals surface area contributed by atoms with E-state index in [1.165, 1.54) is 18.5 Å². The number of imidazole rings is 1. The lowest BCUT2D eigenvalue weighted by Crippen LogP contribution is -2.32. The van der Waals surface area contributed by atoms with Crippen molar-refractivity contribution < 1.29 is 9.53 Å². The second-order valence-corrected chi connectivity index (χ2v) is 8.80. The molecule has 1 aliphatic carbocycles. The van der Waals surface area contributed by atoms with Crippen molar-refractivity contribution in [3.05, 3.63) is 18.2 Å². The topological polar surface area (TPSA) is 91.0 Å². The molecule has 0 spiro atoms. The SMILES string of the molecule is CCn1c(-c2cnn3c2CCCC3)nc2c(O[C@H]3CCN(C(=O)C4CC4)C3)ncnc21. The van der Waals surface area contributed by atoms with Crippen LogP contribution in [0.1, 0.15) is 44.7 Å². The van der Waals surface area contributed by atoms with Gasteiger partial charge < -0.3 is 14.2 Å². The Morgan fingerprint density at radius 2 is 2.10 bits per heavy atom. The lowest BCUT2D eigenvalue weighted by molar-refractivity contribution is -0.131. The fourth-order valence-electron chi connectivity index (χ4n) is 4.89. The zero-order chi connectivity index (χ0) is 20.9. The van der Waals surface area contributed by atoms with Crippen LogP contribution in [0.3, 0.4) is 0 Å². The molecule has 5 heterocycles. The molecule has 0 radical (unpaired) electrons. The Bertz CT molecular complexity index is 1150. The number of aromatic nitrogens is 6. The Balaban J connectivity index is 1.32. The molecule has 1 amide bonds. The van der Waals surface area contributed by atoms with E-state index in [2.05, 4.69) is 31.2 Å². The Kier molecular flexibility index (Phi) is 4.43. The Morgan fingerprint density at radius 1 is 1.19 bits per heavy atom. The van der Waals surface area contributed by atoms with Gasteiger partial charge in [-0.2, -0.15) is 10.1 Å². The van der Waals surface area contributed by atoms with Crippen LogP contribution < -0.4 is 4.74 Å². The third kappa shape index (κ3) is 3.18. The van der Waals surface area contributed by atoms with E-state index in [1.807, 2.05) is 11.1 Å². The summed E-state index contributed by atoms with van der Waals surface area (Å²) in [4.78, 5) is 28.2. The van der Waals surface area contributed by atoms with Crippen LogP contribution in [0.4, 0.5) is 0 Å². The minimum Gasteiger partial charge on any atom is -0.471 e. The molecule has 31 heavy (non-hydrogen) atoms. The smallest absolute Gasteiger partial charge is 0.245 e. The predicted octanol–water partition coefficient (Wildman–Crippen LogP) is 2.44. The lowest BCUT2D eigenvalue weighted by atomic mass is 10.1. The molecule has 3 aromatic rings. The minimum atomic E-state index is -0.0556. The second kappa shape index (κ2) is 7.32. The van der Waals surface area contributed by atoms with Crippen LogP contribution in [-0.4, -0.2) is 59.3 Å². The molecule has 9 heteroatoms. The molecule has 3 aliphatic rings. The maximum absolute atomic E-state index is 12.4. The first kappa shape index (κ1) is 18.8. The summed E-state index contributed by atoms with van der Waals surface area (Å²) in [6, 6.07) is 0. The zero-order valence-electron chi connectivity index (χ0n) is 17.8. The number of hydrogen-bond donors (Lipinski definition) is 0. The Morgan fingerprint density at radius 3 is 2.94 bits per heavy atom. The molecule has 0 unspecified atom stereocenters. The van der Waals surface area contributed by atoms with Crippen molar-refractivity contribution in [3.63, 3.8) is 0 Å². The van der Waals surface area contributed by atoms with Gasteiger partial charge in [-0.25, -0.2) is 9.97 Å². The van der Waals surface area contributed by atoms with E-state index in [0.29, 0.717) is 17.9 Å². The molecular weight excluding hydrogens is 394 g/mol. The number of carbonyl (C=O) groups excluding carboxylic acids is 1. The highest BCUT2D eigenvalue weighted by atomic mass is 16.5. The van der Waals surface area contributed by atoms with Crippen molar-refractivity contribution >= 4 is 17.1 Å². The van der Waals surface area contributed by atoms with Crippen LogP contribution in [0.5, 0.6) is 5.88 Å². The van der Waals surface area contributed by atoms with E-state index >= 15 is 0 Å². The van der Waals surface area contributed by atoms with Crippen molar-refractivity contribution in [2.24, 2.45) is 5.92 Å². The maximum Gasteiger partial charge on any atom is 0.245 e. The molecule has 9 nitrogen and oxygen atoms in total. The molecule has 1 atom stereocenters. The summed E-state index contributed by atoms with van der Waals surface area (Å²) >= 11 is 0. The van der Waals surface area contributed by atoms with Crippen molar-refractivity contribution in [2.45, 2.75) is 64.6 Å². The zero-order valence-corrected chi connectivity index (χ0v) is 17.8. The summed E-state index contributed by atoms with van der Waals surface area (Å²) in [6.07, 6.45) is 9.67. The van der Waals surface area contributed by atoms with Gasteiger partial charge in [0.25, 0.3) is 0 Å². The number of ether oxygens (including phenoxy) is 1. The molecule has 1 saturated heterocycles. The Labute approximate surface area is 180 Å². The van der Waals surface area contributed by atoms with E-state index in [1.54, 1.807) is 6.33 Å². The number of amides is 1. The third-order valence-corrected chi connectivity index (χ3v) is 6.70. The van der Waals surface area contributed by atoms with E-state index in [0.717, 1.165) is 62.4 Å². The monoisotopic (exact) mass is 421 g/mol. The third-order valence-electron chi connectivity index (χ3n) is 6.70. The van der Waals surface area contributed by atoms with Gasteiger partial charge in [0, 0.05) is 37.7 Å². The van der Waals surface area contributed by atoms with Crippen LogP contribution in [0, 0.1) is 5.92 Å². The largest absolute Gasteiger partial charge is 0.471 e. The lowest BCUT2D eigenvalue weighted by Gasteiger charge is -2.16. The highest BCUT2D eigenvalue weighted by molar-refractivity contribution is 5.82. The van der Waals surface area contributed by atoms with Gasteiger partial charge in [-0.3, -0.25) is 9.48 Å². The fourth-order valence-corrected chi connectivity index (χ4v) is 4.89. The number of aryl methyl sites for hydroxylation is 2. The fraction of sp³-hybridized carbons (Fsp3) is 0.591.